The number of anilines is 1. The van der Waals surface area contributed by atoms with Gasteiger partial charge in [0.2, 0.25) is 5.91 Å². The average Bonchev–Trinajstić information content (AvgIpc) is 3.62. The van der Waals surface area contributed by atoms with Crippen LogP contribution < -0.4 is 15.8 Å². The van der Waals surface area contributed by atoms with E-state index in [1.807, 2.05) is 23.6 Å². The van der Waals surface area contributed by atoms with Gasteiger partial charge in [-0.25, -0.2) is 20.4 Å². The van der Waals surface area contributed by atoms with Gasteiger partial charge >= 0.3 is 11.9 Å². The summed E-state index contributed by atoms with van der Waals surface area (Å²) in [6.45, 7) is 2.05. The van der Waals surface area contributed by atoms with Gasteiger partial charge in [-0.05, 0) is 60.3 Å². The van der Waals surface area contributed by atoms with Crippen molar-refractivity contribution < 1.29 is 23.9 Å². The Hall–Kier alpha value is -3.53. The fourth-order valence-electron chi connectivity index (χ4n) is 4.91. The molecule has 2 fully saturated rings. The van der Waals surface area contributed by atoms with E-state index in [-0.39, 0.29) is 23.9 Å². The Morgan fingerprint density at radius 3 is 2.23 bits per heavy atom. The number of benzene rings is 2. The second-order valence-electron chi connectivity index (χ2n) is 8.37. The second-order valence-corrected chi connectivity index (χ2v) is 9.35. The Morgan fingerprint density at radius 2 is 1.60 bits per heavy atom. The Morgan fingerprint density at radius 1 is 0.943 bits per heavy atom. The van der Waals surface area contributed by atoms with Crippen LogP contribution in [0.15, 0.2) is 66.0 Å². The highest BCUT2D eigenvalue weighted by molar-refractivity contribution is 7.10. The van der Waals surface area contributed by atoms with Gasteiger partial charge < -0.3 is 14.4 Å². The first-order valence-corrected chi connectivity index (χ1v) is 12.2. The number of ether oxygens (including phenoxy) is 2. The number of nitrogens with zero attached hydrogens (tertiary/aromatic N) is 1. The van der Waals surface area contributed by atoms with Gasteiger partial charge in [0.05, 0.1) is 36.9 Å². The van der Waals surface area contributed by atoms with Gasteiger partial charge in [0.1, 0.15) is 6.04 Å². The van der Waals surface area contributed by atoms with Crippen molar-refractivity contribution in [1.82, 2.24) is 10.9 Å². The summed E-state index contributed by atoms with van der Waals surface area (Å²) in [6.07, 6.45) is 0. The highest BCUT2D eigenvalue weighted by atomic mass is 32.1. The maximum atomic E-state index is 13.7. The molecule has 2 aliphatic heterocycles. The molecule has 3 heterocycles. The monoisotopic (exact) mass is 491 g/mol. The molecule has 2 N–H and O–H groups in total. The fourth-order valence-corrected chi connectivity index (χ4v) is 5.74. The lowest BCUT2D eigenvalue weighted by Crippen LogP contribution is -2.41. The topological polar surface area (TPSA) is 97.0 Å². The number of carbonyl (C=O) groups excluding carboxylic acids is 3. The summed E-state index contributed by atoms with van der Waals surface area (Å²) in [5.74, 6) is -0.978. The third-order valence-corrected chi connectivity index (χ3v) is 7.45. The van der Waals surface area contributed by atoms with Crippen molar-refractivity contribution in [2.24, 2.45) is 5.92 Å². The molecule has 35 heavy (non-hydrogen) atoms. The Labute approximate surface area is 206 Å². The molecule has 8 nitrogen and oxygen atoms in total. The molecule has 2 saturated heterocycles. The van der Waals surface area contributed by atoms with E-state index in [0.29, 0.717) is 23.4 Å². The van der Waals surface area contributed by atoms with Crippen molar-refractivity contribution in [3.05, 3.63) is 87.6 Å². The number of fused-ring (bicyclic) bond motifs is 1. The summed E-state index contributed by atoms with van der Waals surface area (Å²) in [5, 5.41) is 2.02. The van der Waals surface area contributed by atoms with Crippen LogP contribution in [0.1, 0.15) is 50.2 Å². The van der Waals surface area contributed by atoms with Crippen molar-refractivity contribution in [3.8, 4) is 0 Å². The van der Waals surface area contributed by atoms with Crippen LogP contribution in [0.25, 0.3) is 0 Å². The van der Waals surface area contributed by atoms with Crippen molar-refractivity contribution in [2.75, 3.05) is 18.6 Å². The summed E-state index contributed by atoms with van der Waals surface area (Å²) in [6, 6.07) is 17.3. The number of hydrazine groups is 1. The summed E-state index contributed by atoms with van der Waals surface area (Å²) < 4.78 is 9.92. The van der Waals surface area contributed by atoms with Crippen molar-refractivity contribution in [2.45, 2.75) is 25.0 Å². The first kappa shape index (κ1) is 23.2. The lowest BCUT2D eigenvalue weighted by atomic mass is 9.85. The van der Waals surface area contributed by atoms with Crippen LogP contribution in [-0.2, 0) is 14.3 Å². The van der Waals surface area contributed by atoms with Crippen LogP contribution in [-0.4, -0.2) is 37.6 Å². The summed E-state index contributed by atoms with van der Waals surface area (Å²) >= 11 is 1.64. The van der Waals surface area contributed by atoms with Crippen LogP contribution in [0.4, 0.5) is 5.69 Å². The van der Waals surface area contributed by atoms with Gasteiger partial charge in [-0.3, -0.25) is 4.79 Å². The van der Waals surface area contributed by atoms with E-state index in [0.717, 1.165) is 10.4 Å². The van der Waals surface area contributed by atoms with Crippen LogP contribution in [0, 0.1) is 5.92 Å². The number of nitrogens with one attached hydrogen (secondary N) is 2. The van der Waals surface area contributed by atoms with E-state index in [9.17, 15) is 14.4 Å². The van der Waals surface area contributed by atoms with Gasteiger partial charge in [0.15, 0.2) is 0 Å². The van der Waals surface area contributed by atoms with E-state index in [1.54, 1.807) is 59.6 Å². The first-order valence-electron chi connectivity index (χ1n) is 11.4. The Bertz CT molecular complexity index is 1230. The molecule has 9 heteroatoms. The van der Waals surface area contributed by atoms with E-state index >= 15 is 0 Å². The van der Waals surface area contributed by atoms with E-state index in [4.69, 9.17) is 9.47 Å². The summed E-state index contributed by atoms with van der Waals surface area (Å²) in [5.41, 5.74) is 8.99. The predicted octanol–water partition coefficient (Wildman–Crippen LogP) is 3.63. The Kier molecular flexibility index (Phi) is 6.38. The maximum absolute atomic E-state index is 13.7. The molecular formula is C26H25N3O5S. The minimum Gasteiger partial charge on any atom is -0.465 e. The molecule has 180 valence electrons. The Balaban J connectivity index is 1.55. The van der Waals surface area contributed by atoms with Gasteiger partial charge in [-0.1, -0.05) is 18.2 Å². The smallest absolute Gasteiger partial charge is 0.338 e. The lowest BCUT2D eigenvalue weighted by molar-refractivity contribution is -0.119. The standard InChI is InChI=1S/C26H25N3O5S/c1-3-34-26(32)17-10-12-18(13-11-17)29-23(15-6-8-16(9-7-15)25(31)33-2)20-21(19-5-4-14-35-19)27-28-22(20)24(29)30/h4-14,20-23,27-28H,3H2,1-2H3. The van der Waals surface area contributed by atoms with Gasteiger partial charge in [-0.2, -0.15) is 0 Å². The number of hydrogen-bond acceptors (Lipinski definition) is 8. The van der Waals surface area contributed by atoms with Gasteiger partial charge in [0, 0.05) is 16.5 Å². The molecule has 4 atom stereocenters. The highest BCUT2D eigenvalue weighted by Gasteiger charge is 2.56. The van der Waals surface area contributed by atoms with Crippen LogP contribution in [0.3, 0.4) is 0 Å². The van der Waals surface area contributed by atoms with Crippen molar-refractivity contribution in [1.29, 1.82) is 0 Å². The molecule has 3 aromatic rings. The number of esters is 2. The van der Waals surface area contributed by atoms with Crippen LogP contribution in [0.5, 0.6) is 0 Å². The molecule has 0 aliphatic carbocycles. The normalized spacial score (nSPS) is 23.3. The quantitative estimate of drug-likeness (QED) is 0.508. The van der Waals surface area contributed by atoms with E-state index < -0.39 is 18.0 Å². The third-order valence-electron chi connectivity index (χ3n) is 6.49. The summed E-state index contributed by atoms with van der Waals surface area (Å²) in [4.78, 5) is 40.7. The maximum Gasteiger partial charge on any atom is 0.338 e. The van der Waals surface area contributed by atoms with Gasteiger partial charge in [0.25, 0.3) is 0 Å². The number of hydrogen-bond donors (Lipinski definition) is 2. The first-order chi connectivity index (χ1) is 17.0. The lowest BCUT2D eigenvalue weighted by Gasteiger charge is -2.31. The van der Waals surface area contributed by atoms with Crippen LogP contribution in [0.2, 0.25) is 0 Å². The van der Waals surface area contributed by atoms with Crippen molar-refractivity contribution in [3.63, 3.8) is 0 Å². The minimum absolute atomic E-state index is 0.0625. The molecule has 2 aromatic carbocycles. The molecule has 1 amide bonds. The zero-order valence-corrected chi connectivity index (χ0v) is 20.1. The number of thiophene rings is 1. The molecule has 0 bridgehead atoms. The highest BCUT2D eigenvalue weighted by Crippen LogP contribution is 2.49. The molecule has 5 rings (SSSR count). The molecule has 2 aliphatic rings. The molecule has 0 saturated carbocycles. The number of methoxy groups -OCH3 is 1. The minimum atomic E-state index is -0.433. The fraction of sp³-hybridized carbons (Fsp3) is 0.269. The largest absolute Gasteiger partial charge is 0.465 e. The molecule has 0 radical (unpaired) electrons. The predicted molar refractivity (Wildman–Crippen MR) is 131 cm³/mol. The third kappa shape index (κ3) is 4.12. The van der Waals surface area contributed by atoms with Crippen molar-refractivity contribution >= 4 is 34.9 Å². The molecular weight excluding hydrogens is 466 g/mol. The second kappa shape index (κ2) is 9.61. The number of carbonyl (C=O) groups is 3. The average molecular weight is 492 g/mol. The zero-order valence-electron chi connectivity index (χ0n) is 19.3. The SMILES string of the molecule is CCOC(=O)c1ccc(N2C(=O)C3NNC(c4cccs4)C3C2c2ccc(C(=O)OC)cc2)cc1. The zero-order chi connectivity index (χ0) is 24.5. The molecule has 1 aromatic heterocycles. The molecule has 4 unspecified atom stereocenters. The molecule has 0 spiro atoms. The van der Waals surface area contributed by atoms with Crippen LogP contribution >= 0.6 is 11.3 Å². The number of rotatable bonds is 6. The van der Waals surface area contributed by atoms with E-state index in [1.165, 1.54) is 7.11 Å². The summed E-state index contributed by atoms with van der Waals surface area (Å²) in [7, 11) is 1.35. The number of amides is 1. The van der Waals surface area contributed by atoms with E-state index in [2.05, 4.69) is 16.9 Å². The van der Waals surface area contributed by atoms with Gasteiger partial charge in [-0.15, -0.1) is 11.3 Å².